The van der Waals surface area contributed by atoms with Gasteiger partial charge in [-0.2, -0.15) is 5.26 Å². The van der Waals surface area contributed by atoms with Crippen molar-refractivity contribution in [1.29, 1.82) is 5.26 Å². The topological polar surface area (TPSA) is 104 Å². The van der Waals surface area contributed by atoms with Crippen LogP contribution in [0.5, 0.6) is 0 Å². The van der Waals surface area contributed by atoms with Crippen LogP contribution in [-0.2, 0) is 9.53 Å². The minimum Gasteiger partial charge on any atom is -0.385 e. The van der Waals surface area contributed by atoms with Crippen LogP contribution in [0.15, 0.2) is 59.1 Å². The number of nitriles is 1. The van der Waals surface area contributed by atoms with Crippen LogP contribution in [0.25, 0.3) is 5.70 Å². The Morgan fingerprint density at radius 2 is 1.80 bits per heavy atom. The van der Waals surface area contributed by atoms with E-state index in [1.54, 1.807) is 37.4 Å². The molecule has 1 heterocycles. The van der Waals surface area contributed by atoms with E-state index in [2.05, 4.69) is 15.6 Å². The third-order valence-electron chi connectivity index (χ3n) is 4.67. The van der Waals surface area contributed by atoms with E-state index in [1.165, 1.54) is 0 Å². The van der Waals surface area contributed by atoms with Crippen LogP contribution in [0.1, 0.15) is 33.5 Å². The molecule has 0 aliphatic carbocycles. The highest BCUT2D eigenvalue weighted by Gasteiger charge is 2.27. The number of hydrogen-bond acceptors (Lipinski definition) is 5. The van der Waals surface area contributed by atoms with Crippen LogP contribution in [0.2, 0.25) is 0 Å². The van der Waals surface area contributed by atoms with Crippen molar-refractivity contribution in [3.8, 4) is 6.07 Å². The van der Waals surface area contributed by atoms with E-state index >= 15 is 0 Å². The number of amides is 2. The first-order chi connectivity index (χ1) is 14.6. The second-order valence-electron chi connectivity index (χ2n) is 6.71. The first-order valence-electron chi connectivity index (χ1n) is 9.53. The molecular weight excluding hydrogens is 380 g/mol. The molecule has 7 nitrogen and oxygen atoms in total. The molecule has 0 saturated heterocycles. The van der Waals surface area contributed by atoms with E-state index in [0.29, 0.717) is 42.1 Å². The summed E-state index contributed by atoms with van der Waals surface area (Å²) in [6, 6.07) is 16.4. The van der Waals surface area contributed by atoms with Gasteiger partial charge in [-0.1, -0.05) is 42.5 Å². The highest BCUT2D eigenvalue weighted by molar-refractivity contribution is 6.20. The number of aliphatic imine (C=N–C) groups is 1. The van der Waals surface area contributed by atoms with Gasteiger partial charge < -0.3 is 15.4 Å². The largest absolute Gasteiger partial charge is 0.385 e. The summed E-state index contributed by atoms with van der Waals surface area (Å²) in [5, 5.41) is 15.1. The van der Waals surface area contributed by atoms with Gasteiger partial charge in [0.1, 0.15) is 17.5 Å². The van der Waals surface area contributed by atoms with Crippen molar-refractivity contribution >= 4 is 23.3 Å². The average Bonchev–Trinajstić information content (AvgIpc) is 3.10. The van der Waals surface area contributed by atoms with Gasteiger partial charge in [-0.25, -0.2) is 4.99 Å². The zero-order valence-electron chi connectivity index (χ0n) is 16.9. The van der Waals surface area contributed by atoms with E-state index in [-0.39, 0.29) is 17.2 Å². The van der Waals surface area contributed by atoms with Crippen molar-refractivity contribution in [3.05, 3.63) is 76.4 Å². The Balaban J connectivity index is 1.92. The number of ether oxygens (including phenoxy) is 1. The SMILES string of the molecule is COCCCNC(=O)/C(C#N)=C1\N=C(NC(=O)c2ccccc2C)c2ccccc21. The second kappa shape index (κ2) is 9.63. The standard InChI is InChI=1S/C23H22N4O3/c1-15-8-3-4-9-16(15)23(29)27-21-18-11-6-5-10-17(18)20(26-21)19(14-24)22(28)25-12-7-13-30-2/h3-6,8-11H,7,12-13H2,1-2H3,(H,25,28)(H,26,27,29)/b20-19-. The molecule has 0 unspecified atom stereocenters. The van der Waals surface area contributed by atoms with Gasteiger partial charge in [0, 0.05) is 37.0 Å². The zero-order chi connectivity index (χ0) is 21.5. The molecule has 0 aromatic heterocycles. The number of rotatable bonds is 6. The predicted molar refractivity (Wildman–Crippen MR) is 114 cm³/mol. The smallest absolute Gasteiger partial charge is 0.264 e. The fourth-order valence-corrected chi connectivity index (χ4v) is 3.13. The average molecular weight is 402 g/mol. The van der Waals surface area contributed by atoms with E-state index in [9.17, 15) is 14.9 Å². The third-order valence-corrected chi connectivity index (χ3v) is 4.67. The molecule has 0 bridgehead atoms. The molecule has 7 heteroatoms. The summed E-state index contributed by atoms with van der Waals surface area (Å²) in [6.45, 7) is 2.74. The fraction of sp³-hybridized carbons (Fsp3) is 0.217. The van der Waals surface area contributed by atoms with Gasteiger partial charge in [-0.05, 0) is 25.0 Å². The van der Waals surface area contributed by atoms with Crippen molar-refractivity contribution in [3.63, 3.8) is 0 Å². The Hall–Kier alpha value is -3.76. The number of nitrogens with one attached hydrogen (secondary N) is 2. The van der Waals surface area contributed by atoms with Gasteiger partial charge in [0.05, 0.1) is 5.70 Å². The maximum Gasteiger partial charge on any atom is 0.264 e. The molecule has 1 aliphatic heterocycles. The maximum absolute atomic E-state index is 12.7. The minimum atomic E-state index is -0.506. The first-order valence-corrected chi connectivity index (χ1v) is 9.53. The summed E-state index contributed by atoms with van der Waals surface area (Å²) < 4.78 is 4.96. The lowest BCUT2D eigenvalue weighted by molar-refractivity contribution is -0.117. The maximum atomic E-state index is 12.7. The van der Waals surface area contributed by atoms with Crippen molar-refractivity contribution in [2.45, 2.75) is 13.3 Å². The van der Waals surface area contributed by atoms with Crippen LogP contribution >= 0.6 is 0 Å². The van der Waals surface area contributed by atoms with Crippen molar-refractivity contribution in [2.24, 2.45) is 4.99 Å². The third kappa shape index (κ3) is 4.45. The first kappa shape index (κ1) is 21.0. The monoisotopic (exact) mass is 402 g/mol. The number of hydrogen-bond donors (Lipinski definition) is 2. The summed E-state index contributed by atoms with van der Waals surface area (Å²) >= 11 is 0. The lowest BCUT2D eigenvalue weighted by atomic mass is 10.0. The molecule has 1 aliphatic rings. The Bertz CT molecular complexity index is 1080. The number of carbonyl (C=O) groups is 2. The van der Waals surface area contributed by atoms with E-state index < -0.39 is 5.91 Å². The predicted octanol–water partition coefficient (Wildman–Crippen LogP) is 2.57. The Morgan fingerprint density at radius 1 is 1.10 bits per heavy atom. The van der Waals surface area contributed by atoms with Gasteiger partial charge in [0.15, 0.2) is 0 Å². The van der Waals surface area contributed by atoms with Gasteiger partial charge >= 0.3 is 0 Å². The molecule has 2 amide bonds. The van der Waals surface area contributed by atoms with Crippen LogP contribution in [0, 0.1) is 18.3 Å². The number of fused-ring (bicyclic) bond motifs is 1. The number of nitrogens with zero attached hydrogens (tertiary/aromatic N) is 2. The van der Waals surface area contributed by atoms with Crippen molar-refractivity contribution in [1.82, 2.24) is 10.6 Å². The van der Waals surface area contributed by atoms with E-state index in [0.717, 1.165) is 5.56 Å². The number of aryl methyl sites for hydroxylation is 1. The lowest BCUT2D eigenvalue weighted by Crippen LogP contribution is -2.30. The minimum absolute atomic E-state index is 0.0972. The Morgan fingerprint density at radius 3 is 2.50 bits per heavy atom. The normalized spacial score (nSPS) is 13.7. The summed E-state index contributed by atoms with van der Waals surface area (Å²) in [7, 11) is 1.58. The molecule has 0 atom stereocenters. The molecule has 0 radical (unpaired) electrons. The van der Waals surface area contributed by atoms with E-state index in [1.807, 2.05) is 31.2 Å². The lowest BCUT2D eigenvalue weighted by Gasteiger charge is -2.08. The van der Waals surface area contributed by atoms with Gasteiger partial charge in [0.25, 0.3) is 11.8 Å². The highest BCUT2D eigenvalue weighted by Crippen LogP contribution is 2.30. The van der Waals surface area contributed by atoms with E-state index in [4.69, 9.17) is 4.74 Å². The molecule has 2 aromatic carbocycles. The molecule has 0 saturated carbocycles. The molecule has 2 N–H and O–H groups in total. The summed E-state index contributed by atoms with van der Waals surface area (Å²) in [5.74, 6) is -0.493. The summed E-state index contributed by atoms with van der Waals surface area (Å²) in [6.07, 6.45) is 0.633. The molecule has 0 spiro atoms. The van der Waals surface area contributed by atoms with Gasteiger partial charge in [0.2, 0.25) is 0 Å². The molecular formula is C23H22N4O3. The second-order valence-corrected chi connectivity index (χ2v) is 6.71. The highest BCUT2D eigenvalue weighted by atomic mass is 16.5. The van der Waals surface area contributed by atoms with Gasteiger partial charge in [-0.15, -0.1) is 0 Å². The molecule has 30 heavy (non-hydrogen) atoms. The number of amidine groups is 1. The van der Waals surface area contributed by atoms with Crippen molar-refractivity contribution < 1.29 is 14.3 Å². The van der Waals surface area contributed by atoms with Gasteiger partial charge in [-0.3, -0.25) is 9.59 Å². The molecule has 0 fully saturated rings. The number of carbonyl (C=O) groups excluding carboxylic acids is 2. The Kier molecular flexibility index (Phi) is 6.73. The van der Waals surface area contributed by atoms with Crippen LogP contribution in [0.4, 0.5) is 0 Å². The molecule has 2 aromatic rings. The van der Waals surface area contributed by atoms with Crippen LogP contribution in [0.3, 0.4) is 0 Å². The summed E-state index contributed by atoms with van der Waals surface area (Å²) in [4.78, 5) is 29.7. The van der Waals surface area contributed by atoms with Crippen molar-refractivity contribution in [2.75, 3.05) is 20.3 Å². The zero-order valence-corrected chi connectivity index (χ0v) is 16.9. The Labute approximate surface area is 175 Å². The number of methoxy groups -OCH3 is 1. The van der Waals surface area contributed by atoms with Crippen LogP contribution < -0.4 is 10.6 Å². The van der Waals surface area contributed by atoms with Crippen LogP contribution in [-0.4, -0.2) is 37.9 Å². The fourth-order valence-electron chi connectivity index (χ4n) is 3.13. The quantitative estimate of drug-likeness (QED) is 0.440. The molecule has 3 rings (SSSR count). The summed E-state index contributed by atoms with van der Waals surface area (Å²) in [5.41, 5.74) is 2.81. The molecule has 152 valence electrons. The number of benzene rings is 2.